The fourth-order valence-electron chi connectivity index (χ4n) is 2.70. The van der Waals surface area contributed by atoms with E-state index in [2.05, 4.69) is 10.1 Å². The van der Waals surface area contributed by atoms with Crippen LogP contribution in [0.15, 0.2) is 58.3 Å². The van der Waals surface area contributed by atoms with Gasteiger partial charge >= 0.3 is 0 Å². The van der Waals surface area contributed by atoms with Crippen LogP contribution in [0.5, 0.6) is 0 Å². The molecular weight excluding hydrogens is 370 g/mol. The fourth-order valence-corrected chi connectivity index (χ4v) is 3.70. The first-order valence-electron chi connectivity index (χ1n) is 7.99. The summed E-state index contributed by atoms with van der Waals surface area (Å²) in [6.45, 7) is 1.98. The summed E-state index contributed by atoms with van der Waals surface area (Å²) in [7, 11) is 0. The Balaban J connectivity index is 1.74. The Morgan fingerprint density at radius 2 is 2.15 bits per heavy atom. The number of fused-ring (bicyclic) bond motifs is 1. The minimum Gasteiger partial charge on any atom is -0.317 e. The molecule has 6 nitrogen and oxygen atoms in total. The summed E-state index contributed by atoms with van der Waals surface area (Å²) in [5, 5.41) is 16.1. The van der Waals surface area contributed by atoms with Crippen LogP contribution >= 0.6 is 23.4 Å². The summed E-state index contributed by atoms with van der Waals surface area (Å²) in [5.74, 6) is -0.394. The highest BCUT2D eigenvalue weighted by Crippen LogP contribution is 2.29. The monoisotopic (exact) mass is 383 g/mol. The predicted octanol–water partition coefficient (Wildman–Crippen LogP) is 4.16. The molecule has 3 heterocycles. The van der Waals surface area contributed by atoms with Crippen molar-refractivity contribution in [3.8, 4) is 5.69 Å². The molecule has 0 saturated heterocycles. The number of hydrazone groups is 1. The zero-order chi connectivity index (χ0) is 18.3. The minimum absolute atomic E-state index is 0.0368. The number of rotatable bonds is 3. The minimum atomic E-state index is -0.430. The van der Waals surface area contributed by atoms with Crippen LogP contribution in [0.1, 0.15) is 19.0 Å². The number of amides is 1. The Morgan fingerprint density at radius 1 is 1.31 bits per heavy atom. The number of aromatic nitrogens is 1. The van der Waals surface area contributed by atoms with E-state index in [1.807, 2.05) is 48.0 Å². The lowest BCUT2D eigenvalue weighted by Crippen LogP contribution is -2.35. The van der Waals surface area contributed by atoms with Crippen LogP contribution in [0.25, 0.3) is 11.8 Å². The van der Waals surface area contributed by atoms with Crippen LogP contribution in [0.3, 0.4) is 0 Å². The van der Waals surface area contributed by atoms with Gasteiger partial charge in [0.05, 0.1) is 5.57 Å². The number of benzene rings is 1. The standard InChI is InChI=1S/C18H14ClN5OS/c1-2-15-22-24-16(20)14(17(25)21-18(24)26-15)10-13-7-4-8-23(13)12-6-3-5-11(19)9-12/h3-10,20H,2H2,1H3. The van der Waals surface area contributed by atoms with Crippen LogP contribution in [-0.2, 0) is 4.79 Å². The molecular formula is C18H14ClN5OS. The summed E-state index contributed by atoms with van der Waals surface area (Å²) in [6.07, 6.45) is 4.27. The summed E-state index contributed by atoms with van der Waals surface area (Å²) >= 11 is 7.41. The second kappa shape index (κ2) is 6.59. The molecule has 0 unspecified atom stereocenters. The van der Waals surface area contributed by atoms with Crippen molar-refractivity contribution in [2.45, 2.75) is 13.3 Å². The highest BCUT2D eigenvalue weighted by atomic mass is 35.5. The molecule has 1 aromatic carbocycles. The lowest BCUT2D eigenvalue weighted by Gasteiger charge is -2.20. The smallest absolute Gasteiger partial charge is 0.283 e. The summed E-state index contributed by atoms with van der Waals surface area (Å²) in [6, 6.07) is 11.2. The molecule has 130 valence electrons. The zero-order valence-corrected chi connectivity index (χ0v) is 15.4. The van der Waals surface area contributed by atoms with Gasteiger partial charge < -0.3 is 4.57 Å². The molecule has 0 fully saturated rings. The average Bonchev–Trinajstić information content (AvgIpc) is 3.25. The van der Waals surface area contributed by atoms with E-state index in [-0.39, 0.29) is 11.4 Å². The maximum Gasteiger partial charge on any atom is 0.283 e. The van der Waals surface area contributed by atoms with E-state index >= 15 is 0 Å². The summed E-state index contributed by atoms with van der Waals surface area (Å²) in [4.78, 5) is 16.5. The molecule has 0 spiro atoms. The molecule has 4 rings (SSSR count). The van der Waals surface area contributed by atoms with Gasteiger partial charge in [0.2, 0.25) is 5.17 Å². The number of nitrogens with one attached hydrogen (secondary N) is 1. The van der Waals surface area contributed by atoms with E-state index in [1.165, 1.54) is 16.8 Å². The van der Waals surface area contributed by atoms with Crippen molar-refractivity contribution in [3.05, 3.63) is 58.9 Å². The number of carbonyl (C=O) groups excluding carboxylic acids is 1. The van der Waals surface area contributed by atoms with Gasteiger partial charge in [0, 0.05) is 22.6 Å². The third kappa shape index (κ3) is 2.89. The zero-order valence-electron chi connectivity index (χ0n) is 13.8. The molecule has 8 heteroatoms. The van der Waals surface area contributed by atoms with Crippen LogP contribution < -0.4 is 0 Å². The molecule has 1 amide bonds. The van der Waals surface area contributed by atoms with E-state index in [4.69, 9.17) is 17.0 Å². The molecule has 2 aliphatic heterocycles. The van der Waals surface area contributed by atoms with Gasteiger partial charge in [-0.05, 0) is 54.6 Å². The Kier molecular flexibility index (Phi) is 4.26. The van der Waals surface area contributed by atoms with Crippen molar-refractivity contribution >= 4 is 51.4 Å². The number of nitrogens with zero attached hydrogens (tertiary/aromatic N) is 4. The third-order valence-electron chi connectivity index (χ3n) is 3.96. The third-order valence-corrected chi connectivity index (χ3v) is 5.25. The number of amidine groups is 2. The molecule has 2 aliphatic rings. The van der Waals surface area contributed by atoms with Crippen LogP contribution in [0, 0.1) is 5.41 Å². The second-order valence-corrected chi connectivity index (χ2v) is 7.13. The van der Waals surface area contributed by atoms with Crippen molar-refractivity contribution in [1.82, 2.24) is 9.58 Å². The number of thioether (sulfide) groups is 1. The first-order valence-corrected chi connectivity index (χ1v) is 9.18. The lowest BCUT2D eigenvalue weighted by molar-refractivity contribution is -0.114. The normalized spacial score (nSPS) is 18.2. The van der Waals surface area contributed by atoms with Gasteiger partial charge in [-0.25, -0.2) is 0 Å². The van der Waals surface area contributed by atoms with Gasteiger partial charge in [0.15, 0.2) is 5.84 Å². The first kappa shape index (κ1) is 16.8. The van der Waals surface area contributed by atoms with Gasteiger partial charge in [0.25, 0.3) is 5.91 Å². The van der Waals surface area contributed by atoms with Crippen LogP contribution in [-0.4, -0.2) is 31.5 Å². The topological polar surface area (TPSA) is 73.8 Å². The molecule has 2 aromatic rings. The maximum atomic E-state index is 12.5. The molecule has 0 atom stereocenters. The summed E-state index contributed by atoms with van der Waals surface area (Å²) in [5.41, 5.74) is 1.83. The number of hydrogen-bond donors (Lipinski definition) is 1. The van der Waals surface area contributed by atoms with E-state index in [0.717, 1.165) is 22.8 Å². The van der Waals surface area contributed by atoms with Gasteiger partial charge in [0.1, 0.15) is 5.04 Å². The van der Waals surface area contributed by atoms with Gasteiger partial charge in [-0.15, -0.1) is 0 Å². The Morgan fingerprint density at radius 3 is 2.92 bits per heavy atom. The number of aliphatic imine (C=N–C) groups is 1. The summed E-state index contributed by atoms with van der Waals surface area (Å²) < 4.78 is 1.90. The van der Waals surface area contributed by atoms with E-state index in [0.29, 0.717) is 10.2 Å². The quantitative estimate of drug-likeness (QED) is 0.808. The highest BCUT2D eigenvalue weighted by molar-refractivity contribution is 8.26. The lowest BCUT2D eigenvalue weighted by atomic mass is 10.1. The molecule has 0 radical (unpaired) electrons. The number of carbonyl (C=O) groups is 1. The van der Waals surface area contributed by atoms with Gasteiger partial charge in [-0.1, -0.05) is 24.6 Å². The molecule has 26 heavy (non-hydrogen) atoms. The van der Waals surface area contributed by atoms with Crippen molar-refractivity contribution in [3.63, 3.8) is 0 Å². The molecule has 1 aromatic heterocycles. The Hall–Kier alpha value is -2.64. The highest BCUT2D eigenvalue weighted by Gasteiger charge is 2.35. The predicted molar refractivity (Wildman–Crippen MR) is 106 cm³/mol. The molecule has 0 aliphatic carbocycles. The van der Waals surface area contributed by atoms with Crippen LogP contribution in [0.4, 0.5) is 0 Å². The van der Waals surface area contributed by atoms with Crippen LogP contribution in [0.2, 0.25) is 5.02 Å². The van der Waals surface area contributed by atoms with E-state index in [1.54, 1.807) is 12.1 Å². The second-order valence-electron chi connectivity index (χ2n) is 5.65. The Bertz CT molecular complexity index is 1020. The SMILES string of the molecule is CCC1=NN2C(=N)C(=Cc3cccn3-c3cccc(Cl)c3)C(=O)N=C2S1. The van der Waals surface area contributed by atoms with Crippen molar-refractivity contribution in [1.29, 1.82) is 5.41 Å². The van der Waals surface area contributed by atoms with Gasteiger partial charge in [-0.2, -0.15) is 15.1 Å². The van der Waals surface area contributed by atoms with Gasteiger partial charge in [-0.3, -0.25) is 10.2 Å². The van der Waals surface area contributed by atoms with E-state index < -0.39 is 5.91 Å². The fraction of sp³-hybridized carbons (Fsp3) is 0.111. The molecule has 0 saturated carbocycles. The average molecular weight is 384 g/mol. The first-order chi connectivity index (χ1) is 12.6. The molecule has 1 N–H and O–H groups in total. The Labute approximate surface area is 159 Å². The number of hydrogen-bond acceptors (Lipinski definition) is 4. The largest absolute Gasteiger partial charge is 0.317 e. The molecule has 0 bridgehead atoms. The number of halogens is 1. The van der Waals surface area contributed by atoms with Crippen molar-refractivity contribution in [2.24, 2.45) is 10.1 Å². The van der Waals surface area contributed by atoms with E-state index in [9.17, 15) is 4.79 Å². The van der Waals surface area contributed by atoms with Crippen molar-refractivity contribution < 1.29 is 4.79 Å². The van der Waals surface area contributed by atoms with Crippen molar-refractivity contribution in [2.75, 3.05) is 0 Å². The maximum absolute atomic E-state index is 12.5.